The number of hydrogen-bond acceptors (Lipinski definition) is 11. The molecule has 0 bridgehead atoms. The van der Waals surface area contributed by atoms with Gasteiger partial charge in [-0.3, -0.25) is 28.5 Å². The molecule has 14 heteroatoms. The molecule has 6 heterocycles. The average Bonchev–Trinajstić information content (AvgIpc) is 3.85. The van der Waals surface area contributed by atoms with Gasteiger partial charge in [-0.2, -0.15) is 0 Å². The van der Waals surface area contributed by atoms with Crippen LogP contribution in [0.5, 0.6) is 11.6 Å². The van der Waals surface area contributed by atoms with E-state index in [-0.39, 0.29) is 22.8 Å². The monoisotopic (exact) mass is 739 g/mol. The highest BCUT2D eigenvalue weighted by molar-refractivity contribution is 7.17. The maximum Gasteiger partial charge on any atom is 0.276 e. The fourth-order valence-corrected chi connectivity index (χ4v) is 7.85. The molecular weight excluding hydrogens is 711 g/mol. The van der Waals surface area contributed by atoms with Gasteiger partial charge in [-0.1, -0.05) is 6.92 Å². The first-order valence-corrected chi connectivity index (χ1v) is 18.2. The predicted molar refractivity (Wildman–Crippen MR) is 208 cm³/mol. The minimum atomic E-state index is -0.294. The molecule has 2 N–H and O–H groups in total. The predicted octanol–water partition coefficient (Wildman–Crippen LogP) is 7.23. The van der Waals surface area contributed by atoms with Crippen LogP contribution in [-0.2, 0) is 11.2 Å². The van der Waals surface area contributed by atoms with E-state index in [1.54, 1.807) is 73.2 Å². The molecule has 0 unspecified atom stereocenters. The van der Waals surface area contributed by atoms with Crippen LogP contribution in [-0.4, -0.2) is 47.2 Å². The first-order chi connectivity index (χ1) is 25.7. The zero-order valence-corrected chi connectivity index (χ0v) is 30.2. The minimum Gasteiger partial charge on any atom is -0.508 e. The van der Waals surface area contributed by atoms with Crippen LogP contribution < -0.4 is 21.2 Å². The van der Waals surface area contributed by atoms with Crippen molar-refractivity contribution in [1.29, 1.82) is 0 Å². The van der Waals surface area contributed by atoms with Crippen LogP contribution >= 0.6 is 22.7 Å². The third kappa shape index (κ3) is 6.03. The summed E-state index contributed by atoms with van der Waals surface area (Å²) < 4.78 is 9.21. The van der Waals surface area contributed by atoms with Crippen molar-refractivity contribution in [2.45, 2.75) is 20.3 Å². The van der Waals surface area contributed by atoms with Crippen LogP contribution in [0, 0.1) is 0 Å². The van der Waals surface area contributed by atoms with Gasteiger partial charge in [0.15, 0.2) is 0 Å². The van der Waals surface area contributed by atoms with Crippen molar-refractivity contribution in [3.8, 4) is 56.9 Å². The Morgan fingerprint density at radius 3 is 2.04 bits per heavy atom. The second-order valence-electron chi connectivity index (χ2n) is 12.0. The lowest BCUT2D eigenvalue weighted by molar-refractivity contribution is -0.114. The van der Waals surface area contributed by atoms with E-state index < -0.39 is 0 Å². The first-order valence-electron chi connectivity index (χ1n) is 16.4. The normalized spacial score (nSPS) is 11.3. The number of aromatic nitrogens is 6. The molecule has 8 aromatic rings. The number of nitrogens with one attached hydrogen (secondary N) is 1. The number of nitrogens with zero attached hydrogens (tertiary/aromatic N) is 6. The van der Waals surface area contributed by atoms with E-state index in [1.165, 1.54) is 45.8 Å². The number of amides is 1. The number of aromatic hydroxyl groups is 1. The number of fused-ring (bicyclic) bond motifs is 2. The van der Waals surface area contributed by atoms with Gasteiger partial charge < -0.3 is 15.2 Å². The summed E-state index contributed by atoms with van der Waals surface area (Å²) in [7, 11) is 1.52. The van der Waals surface area contributed by atoms with Gasteiger partial charge in [0.05, 0.1) is 35.7 Å². The van der Waals surface area contributed by atoms with Crippen LogP contribution in [0.3, 0.4) is 0 Å². The van der Waals surface area contributed by atoms with Crippen LogP contribution in [0.25, 0.3) is 65.7 Å². The SMILES string of the molecule is CCc1c(O)cc(-n2c(-c3ccc(NC(C)=O)cc3)nc3ccsc3c2=O)cc1-c1cncc(-c2nc3ccsc3c(=O)n2-c2ccc(OC)nc2)c1. The van der Waals surface area contributed by atoms with Crippen molar-refractivity contribution in [2.75, 3.05) is 12.4 Å². The van der Waals surface area contributed by atoms with Gasteiger partial charge in [0, 0.05) is 59.4 Å². The molecule has 6 aromatic heterocycles. The number of pyridine rings is 2. The highest BCUT2D eigenvalue weighted by Gasteiger charge is 2.21. The summed E-state index contributed by atoms with van der Waals surface area (Å²) in [6.07, 6.45) is 5.34. The molecule has 0 atom stereocenters. The molecule has 0 fully saturated rings. The van der Waals surface area contributed by atoms with E-state index in [4.69, 9.17) is 14.7 Å². The molecule has 2 aromatic carbocycles. The van der Waals surface area contributed by atoms with Gasteiger partial charge in [-0.15, -0.1) is 22.7 Å². The average molecular weight is 740 g/mol. The third-order valence-corrected chi connectivity index (χ3v) is 10.5. The Hall–Kier alpha value is -6.51. The van der Waals surface area contributed by atoms with Gasteiger partial charge in [0.2, 0.25) is 11.8 Å². The van der Waals surface area contributed by atoms with Crippen molar-refractivity contribution in [1.82, 2.24) is 29.1 Å². The fourth-order valence-electron chi connectivity index (χ4n) is 6.33. The molecule has 0 aliphatic heterocycles. The number of phenolic OH excluding ortho intramolecular Hbond substituents is 1. The molecule has 1 amide bonds. The summed E-state index contributed by atoms with van der Waals surface area (Å²) in [6.45, 7) is 3.37. The van der Waals surface area contributed by atoms with E-state index in [0.29, 0.717) is 89.3 Å². The smallest absolute Gasteiger partial charge is 0.276 e. The van der Waals surface area contributed by atoms with Gasteiger partial charge in [-0.05, 0) is 77.3 Å². The number of methoxy groups -OCH3 is 1. The van der Waals surface area contributed by atoms with E-state index in [2.05, 4.69) is 15.3 Å². The number of hydrogen-bond donors (Lipinski definition) is 2. The van der Waals surface area contributed by atoms with Crippen molar-refractivity contribution in [3.63, 3.8) is 0 Å². The zero-order chi connectivity index (χ0) is 36.8. The maximum absolute atomic E-state index is 14.2. The largest absolute Gasteiger partial charge is 0.508 e. The van der Waals surface area contributed by atoms with Crippen LogP contribution in [0.2, 0.25) is 0 Å². The molecule has 0 spiro atoms. The number of carbonyl (C=O) groups excluding carboxylic acids is 1. The summed E-state index contributed by atoms with van der Waals surface area (Å²) in [5.41, 5.74) is 5.17. The Balaban J connectivity index is 1.32. The summed E-state index contributed by atoms with van der Waals surface area (Å²) in [5, 5.41) is 17.9. The van der Waals surface area contributed by atoms with E-state index in [1.807, 2.05) is 29.8 Å². The van der Waals surface area contributed by atoms with Crippen molar-refractivity contribution in [3.05, 3.63) is 122 Å². The minimum absolute atomic E-state index is 0.00503. The number of thiophene rings is 2. The van der Waals surface area contributed by atoms with E-state index in [9.17, 15) is 19.5 Å². The summed E-state index contributed by atoms with van der Waals surface area (Å²) in [6, 6.07) is 19.3. The number of carbonyl (C=O) groups is 1. The first kappa shape index (κ1) is 33.6. The van der Waals surface area contributed by atoms with Gasteiger partial charge in [0.25, 0.3) is 11.1 Å². The molecule has 12 nitrogen and oxygen atoms in total. The number of phenols is 1. The quantitative estimate of drug-likeness (QED) is 0.164. The van der Waals surface area contributed by atoms with Crippen LogP contribution in [0.15, 0.2) is 106 Å². The lowest BCUT2D eigenvalue weighted by Crippen LogP contribution is -2.21. The summed E-state index contributed by atoms with van der Waals surface area (Å²) >= 11 is 2.60. The standard InChI is InChI=1S/C39H29N7O5S2/c1-4-28-29(23-15-24(19-40-18-23)37-44-31-12-14-52-34(31)38(49)45(37)26-9-10-33(51-3)41-20-26)16-27(17-32(28)48)46-36(43-30-11-13-53-35(30)39(46)50)22-5-7-25(8-6-22)42-21(2)47/h5-20,48H,4H2,1-3H3,(H,42,47). The van der Waals surface area contributed by atoms with Crippen molar-refractivity contribution < 1.29 is 14.6 Å². The fraction of sp³-hybridized carbons (Fsp3) is 0.103. The van der Waals surface area contributed by atoms with Crippen LogP contribution in [0.1, 0.15) is 19.4 Å². The molecule has 262 valence electrons. The molecule has 0 radical (unpaired) electrons. The van der Waals surface area contributed by atoms with E-state index >= 15 is 0 Å². The van der Waals surface area contributed by atoms with Crippen molar-refractivity contribution in [2.24, 2.45) is 0 Å². The molecule has 0 aliphatic rings. The Morgan fingerprint density at radius 1 is 0.792 bits per heavy atom. The summed E-state index contributed by atoms with van der Waals surface area (Å²) in [5.74, 6) is 0.918. The van der Waals surface area contributed by atoms with Crippen molar-refractivity contribution >= 4 is 54.7 Å². The van der Waals surface area contributed by atoms with Gasteiger partial charge in [-0.25, -0.2) is 15.0 Å². The summed E-state index contributed by atoms with van der Waals surface area (Å²) in [4.78, 5) is 58.4. The van der Waals surface area contributed by atoms with Gasteiger partial charge in [0.1, 0.15) is 26.8 Å². The number of benzene rings is 2. The molecule has 53 heavy (non-hydrogen) atoms. The Labute approximate surface area is 309 Å². The number of anilines is 1. The highest BCUT2D eigenvalue weighted by Crippen LogP contribution is 2.37. The second kappa shape index (κ2) is 13.6. The van der Waals surface area contributed by atoms with Crippen LogP contribution in [0.4, 0.5) is 5.69 Å². The topological polar surface area (TPSA) is 154 Å². The lowest BCUT2D eigenvalue weighted by atomic mass is 9.96. The van der Waals surface area contributed by atoms with E-state index in [0.717, 1.165) is 0 Å². The number of rotatable bonds is 8. The third-order valence-electron chi connectivity index (χ3n) is 8.74. The molecular formula is C39H29N7O5S2. The number of ether oxygens (including phenoxy) is 1. The molecule has 0 aliphatic carbocycles. The highest BCUT2D eigenvalue weighted by atomic mass is 32.1. The molecule has 8 rings (SSSR count). The second-order valence-corrected chi connectivity index (χ2v) is 13.9. The maximum atomic E-state index is 14.2. The Morgan fingerprint density at radius 2 is 1.43 bits per heavy atom. The molecule has 0 saturated carbocycles. The zero-order valence-electron chi connectivity index (χ0n) is 28.5. The Kier molecular flexibility index (Phi) is 8.60. The lowest BCUT2D eigenvalue weighted by Gasteiger charge is -2.18. The Bertz CT molecular complexity index is 2820. The van der Waals surface area contributed by atoms with Gasteiger partial charge >= 0.3 is 0 Å². The molecule has 0 saturated heterocycles.